The van der Waals surface area contributed by atoms with E-state index in [4.69, 9.17) is 0 Å². The summed E-state index contributed by atoms with van der Waals surface area (Å²) in [6.45, 7) is 3.55. The lowest BCUT2D eigenvalue weighted by atomic mass is 10.1. The number of ether oxygens (including phenoxy) is 2. The number of carbonyl (C=O) groups excluding carboxylic acids is 2. The Labute approximate surface area is 95.9 Å². The average molecular weight is 226 g/mol. The van der Waals surface area contributed by atoms with Crippen LogP contribution in [0.5, 0.6) is 0 Å². The van der Waals surface area contributed by atoms with Gasteiger partial charge in [-0.05, 0) is 26.7 Å². The minimum absolute atomic E-state index is 0.324. The summed E-state index contributed by atoms with van der Waals surface area (Å²) in [5, 5.41) is 0. The van der Waals surface area contributed by atoms with Gasteiger partial charge in [0.2, 0.25) is 0 Å². The van der Waals surface area contributed by atoms with Crippen molar-refractivity contribution in [2.75, 3.05) is 14.2 Å². The number of hydrogen-bond acceptors (Lipinski definition) is 4. The van der Waals surface area contributed by atoms with E-state index in [2.05, 4.69) is 9.47 Å². The molecular weight excluding hydrogens is 208 g/mol. The smallest absolute Gasteiger partial charge is 0.333 e. The van der Waals surface area contributed by atoms with Gasteiger partial charge in [-0.1, -0.05) is 11.6 Å². The molecule has 0 fully saturated rings. The molecule has 0 aromatic carbocycles. The van der Waals surface area contributed by atoms with Crippen LogP contribution < -0.4 is 0 Å². The second-order valence-corrected chi connectivity index (χ2v) is 3.43. The fourth-order valence-corrected chi connectivity index (χ4v) is 1.09. The molecule has 0 saturated heterocycles. The van der Waals surface area contributed by atoms with Gasteiger partial charge in [0, 0.05) is 11.6 Å². The molecule has 0 unspecified atom stereocenters. The van der Waals surface area contributed by atoms with Crippen molar-refractivity contribution >= 4 is 11.9 Å². The highest BCUT2D eigenvalue weighted by Crippen LogP contribution is 2.07. The second kappa shape index (κ2) is 7.68. The third-order valence-electron chi connectivity index (χ3n) is 2.06. The van der Waals surface area contributed by atoms with Crippen LogP contribution in [0.1, 0.15) is 26.7 Å². The molecule has 0 radical (unpaired) electrons. The van der Waals surface area contributed by atoms with Crippen molar-refractivity contribution in [3.05, 3.63) is 23.3 Å². The molecular formula is C12H18O4. The molecule has 0 rings (SSSR count). The number of carbonyl (C=O) groups is 2. The predicted molar refractivity (Wildman–Crippen MR) is 60.8 cm³/mol. The van der Waals surface area contributed by atoms with E-state index in [9.17, 15) is 9.59 Å². The average Bonchev–Trinajstić information content (AvgIpc) is 2.27. The van der Waals surface area contributed by atoms with Crippen LogP contribution in [0.15, 0.2) is 23.3 Å². The van der Waals surface area contributed by atoms with Gasteiger partial charge in [-0.3, -0.25) is 0 Å². The predicted octanol–water partition coefficient (Wildman–Crippen LogP) is 2.01. The van der Waals surface area contributed by atoms with Gasteiger partial charge in [0.1, 0.15) is 0 Å². The fourth-order valence-electron chi connectivity index (χ4n) is 1.09. The highest BCUT2D eigenvalue weighted by atomic mass is 16.5. The van der Waals surface area contributed by atoms with E-state index in [-0.39, 0.29) is 11.9 Å². The molecule has 0 aliphatic rings. The summed E-state index contributed by atoms with van der Waals surface area (Å²) in [7, 11) is 2.69. The van der Waals surface area contributed by atoms with E-state index in [0.29, 0.717) is 18.4 Å². The Balaban J connectivity index is 4.12. The maximum absolute atomic E-state index is 11.0. The summed E-state index contributed by atoms with van der Waals surface area (Å²) < 4.78 is 9.05. The van der Waals surface area contributed by atoms with Gasteiger partial charge in [0.25, 0.3) is 0 Å². The first-order valence-corrected chi connectivity index (χ1v) is 5.01. The van der Waals surface area contributed by atoms with E-state index in [1.165, 1.54) is 20.3 Å². The van der Waals surface area contributed by atoms with Crippen molar-refractivity contribution in [2.24, 2.45) is 0 Å². The van der Waals surface area contributed by atoms with Crippen molar-refractivity contribution in [1.29, 1.82) is 0 Å². The van der Waals surface area contributed by atoms with Crippen LogP contribution in [0.25, 0.3) is 0 Å². The van der Waals surface area contributed by atoms with Gasteiger partial charge in [0.05, 0.1) is 14.2 Å². The normalized spacial score (nSPS) is 12.2. The lowest BCUT2D eigenvalue weighted by Crippen LogP contribution is -2.01. The number of esters is 2. The maximum Gasteiger partial charge on any atom is 0.333 e. The van der Waals surface area contributed by atoms with Gasteiger partial charge in [-0.25, -0.2) is 9.59 Å². The molecule has 0 atom stereocenters. The molecule has 4 heteroatoms. The summed E-state index contributed by atoms with van der Waals surface area (Å²) in [5.41, 5.74) is 1.49. The molecule has 0 aromatic rings. The fraction of sp³-hybridized carbons (Fsp3) is 0.500. The Morgan fingerprint density at radius 2 is 1.75 bits per heavy atom. The molecule has 0 aliphatic carbocycles. The molecule has 0 N–H and O–H groups in total. The Bertz CT molecular complexity index is 313. The van der Waals surface area contributed by atoms with Crippen LogP contribution in [0.2, 0.25) is 0 Å². The Hall–Kier alpha value is -1.58. The molecule has 0 amide bonds. The molecule has 0 aliphatic heterocycles. The zero-order valence-corrected chi connectivity index (χ0v) is 10.2. The summed E-state index contributed by atoms with van der Waals surface area (Å²) in [6.07, 6.45) is 4.64. The number of allylic oxidation sites excluding steroid dienone is 2. The lowest BCUT2D eigenvalue weighted by molar-refractivity contribution is -0.136. The molecule has 0 aromatic heterocycles. The largest absolute Gasteiger partial charge is 0.466 e. The summed E-state index contributed by atoms with van der Waals surface area (Å²) in [4.78, 5) is 21.9. The van der Waals surface area contributed by atoms with Gasteiger partial charge >= 0.3 is 11.9 Å². The van der Waals surface area contributed by atoms with E-state index >= 15 is 0 Å². The maximum atomic E-state index is 11.0. The minimum Gasteiger partial charge on any atom is -0.466 e. The minimum atomic E-state index is -0.355. The summed E-state index contributed by atoms with van der Waals surface area (Å²) in [5.74, 6) is -0.680. The standard InChI is InChI=1S/C12H18O4/c1-9(8-11(13)15-3)6-5-7-10(2)12(14)16-4/h7-8H,5-6H2,1-4H3/b9-8-,10-7+. The number of rotatable bonds is 5. The zero-order chi connectivity index (χ0) is 12.6. The number of methoxy groups -OCH3 is 2. The molecule has 90 valence electrons. The van der Waals surface area contributed by atoms with Crippen molar-refractivity contribution < 1.29 is 19.1 Å². The van der Waals surface area contributed by atoms with Crippen LogP contribution in [0, 0.1) is 0 Å². The highest BCUT2D eigenvalue weighted by molar-refractivity contribution is 5.87. The van der Waals surface area contributed by atoms with Crippen LogP contribution >= 0.6 is 0 Å². The molecule has 4 nitrogen and oxygen atoms in total. The van der Waals surface area contributed by atoms with Crippen molar-refractivity contribution in [3.63, 3.8) is 0 Å². The van der Waals surface area contributed by atoms with Crippen LogP contribution in [0.4, 0.5) is 0 Å². The van der Waals surface area contributed by atoms with Gasteiger partial charge in [0.15, 0.2) is 0 Å². The van der Waals surface area contributed by atoms with Crippen LogP contribution in [0.3, 0.4) is 0 Å². The lowest BCUT2D eigenvalue weighted by Gasteiger charge is -2.00. The van der Waals surface area contributed by atoms with E-state index < -0.39 is 0 Å². The third-order valence-corrected chi connectivity index (χ3v) is 2.06. The first-order chi connectivity index (χ1) is 7.51. The summed E-state index contributed by atoms with van der Waals surface area (Å²) in [6, 6.07) is 0. The quantitative estimate of drug-likeness (QED) is 0.531. The molecule has 0 heterocycles. The first kappa shape index (κ1) is 14.4. The second-order valence-electron chi connectivity index (χ2n) is 3.43. The van der Waals surface area contributed by atoms with Gasteiger partial charge in [-0.15, -0.1) is 0 Å². The molecule has 16 heavy (non-hydrogen) atoms. The van der Waals surface area contributed by atoms with Crippen molar-refractivity contribution in [3.8, 4) is 0 Å². The number of hydrogen-bond donors (Lipinski definition) is 0. The van der Waals surface area contributed by atoms with E-state index in [1.807, 2.05) is 6.92 Å². The topological polar surface area (TPSA) is 52.6 Å². The molecule has 0 saturated carbocycles. The monoisotopic (exact) mass is 226 g/mol. The SMILES string of the molecule is COC(=O)/C=C(/C)CC/C=C(\C)C(=O)OC. The van der Waals surface area contributed by atoms with E-state index in [0.717, 1.165) is 5.57 Å². The zero-order valence-electron chi connectivity index (χ0n) is 10.2. The Morgan fingerprint density at radius 3 is 2.25 bits per heavy atom. The molecule has 0 bridgehead atoms. The van der Waals surface area contributed by atoms with E-state index in [1.54, 1.807) is 13.0 Å². The van der Waals surface area contributed by atoms with Crippen LogP contribution in [-0.4, -0.2) is 26.2 Å². The third kappa shape index (κ3) is 6.01. The first-order valence-electron chi connectivity index (χ1n) is 5.01. The van der Waals surface area contributed by atoms with Crippen molar-refractivity contribution in [1.82, 2.24) is 0 Å². The Morgan fingerprint density at radius 1 is 1.12 bits per heavy atom. The van der Waals surface area contributed by atoms with Gasteiger partial charge < -0.3 is 9.47 Å². The summed E-state index contributed by atoms with van der Waals surface area (Å²) >= 11 is 0. The van der Waals surface area contributed by atoms with Crippen molar-refractivity contribution in [2.45, 2.75) is 26.7 Å². The van der Waals surface area contributed by atoms with Gasteiger partial charge in [-0.2, -0.15) is 0 Å². The highest BCUT2D eigenvalue weighted by Gasteiger charge is 2.02. The molecule has 0 spiro atoms. The van der Waals surface area contributed by atoms with Crippen LogP contribution in [-0.2, 0) is 19.1 Å². The Kier molecular flexibility index (Phi) is 6.92.